The summed E-state index contributed by atoms with van der Waals surface area (Å²) in [6.45, 7) is 0.749. The fraction of sp³-hybridized carbons (Fsp3) is 0.0909. The van der Waals surface area contributed by atoms with Gasteiger partial charge in [-0.2, -0.15) is 0 Å². The van der Waals surface area contributed by atoms with Crippen LogP contribution in [0.2, 0.25) is 0 Å². The largest absolute Gasteiger partial charge is 0.316 e. The average Bonchev–Trinajstić information content (AvgIpc) is 3.11. The molecule has 0 amide bonds. The highest BCUT2D eigenvalue weighted by atomic mass is 32.1. The van der Waals surface area contributed by atoms with Gasteiger partial charge in [0.05, 0.1) is 11.4 Å². The highest BCUT2D eigenvalue weighted by molar-refractivity contribution is 7.07. The number of thiazole rings is 1. The lowest BCUT2D eigenvalue weighted by molar-refractivity contribution is 0.627. The number of pyridine rings is 1. The van der Waals surface area contributed by atoms with Crippen molar-refractivity contribution in [3.8, 4) is 11.3 Å². The maximum Gasteiger partial charge on any atom is 0.190 e. The van der Waals surface area contributed by atoms with Crippen LogP contribution in [-0.4, -0.2) is 9.55 Å². The van der Waals surface area contributed by atoms with Gasteiger partial charge in [0.1, 0.15) is 5.82 Å². The number of rotatable bonds is 5. The van der Waals surface area contributed by atoms with Crippen LogP contribution in [0.25, 0.3) is 11.3 Å². The number of para-hydroxylation sites is 1. The van der Waals surface area contributed by atoms with E-state index in [9.17, 15) is 4.39 Å². The molecule has 0 aliphatic heterocycles. The molecule has 4 aromatic rings. The third-order valence-corrected chi connectivity index (χ3v) is 5.10. The zero-order valence-corrected chi connectivity index (χ0v) is 15.4. The fourth-order valence-corrected chi connectivity index (χ4v) is 3.83. The number of aromatic nitrogens is 2. The Morgan fingerprint density at radius 3 is 2.44 bits per heavy atom. The number of hydrogen-bond acceptors (Lipinski definition) is 3. The van der Waals surface area contributed by atoms with Gasteiger partial charge in [0.2, 0.25) is 0 Å². The normalized spacial score (nSPS) is 11.7. The van der Waals surface area contributed by atoms with Gasteiger partial charge in [0.15, 0.2) is 4.80 Å². The molecule has 2 aromatic carbocycles. The second kappa shape index (κ2) is 8.10. The lowest BCUT2D eigenvalue weighted by Gasteiger charge is -2.09. The van der Waals surface area contributed by atoms with E-state index in [1.807, 2.05) is 54.7 Å². The lowest BCUT2D eigenvalue weighted by atomic mass is 10.1. The standard InChI is InChI=1S/C22H18FN3S/c23-18-11-9-17(10-12-18)21-16-27-22(25-20-7-2-1-3-8-20)26(21)15-13-19-6-4-5-14-24-19/h1-12,14,16H,13,15H2. The highest BCUT2D eigenvalue weighted by Gasteiger charge is 2.09. The molecule has 0 radical (unpaired) electrons. The minimum Gasteiger partial charge on any atom is -0.316 e. The molecule has 0 bridgehead atoms. The van der Waals surface area contributed by atoms with Gasteiger partial charge in [0, 0.05) is 30.2 Å². The van der Waals surface area contributed by atoms with Crippen molar-refractivity contribution in [2.45, 2.75) is 13.0 Å². The first-order valence-corrected chi connectivity index (χ1v) is 9.61. The Balaban J connectivity index is 1.75. The Kier molecular flexibility index (Phi) is 5.21. The molecule has 2 heterocycles. The molecule has 0 fully saturated rings. The van der Waals surface area contributed by atoms with Crippen molar-refractivity contribution in [2.24, 2.45) is 4.99 Å². The van der Waals surface area contributed by atoms with E-state index in [0.29, 0.717) is 0 Å². The molecule has 0 atom stereocenters. The molecule has 5 heteroatoms. The molecular weight excluding hydrogens is 357 g/mol. The summed E-state index contributed by atoms with van der Waals surface area (Å²) in [5.74, 6) is -0.233. The van der Waals surface area contributed by atoms with Gasteiger partial charge >= 0.3 is 0 Å². The summed E-state index contributed by atoms with van der Waals surface area (Å²) in [5.41, 5.74) is 3.96. The van der Waals surface area contributed by atoms with Crippen molar-refractivity contribution in [2.75, 3.05) is 0 Å². The Bertz CT molecular complexity index is 1070. The van der Waals surface area contributed by atoms with Crippen molar-refractivity contribution in [3.05, 3.63) is 101 Å². The number of halogens is 1. The van der Waals surface area contributed by atoms with Crippen LogP contribution in [0.5, 0.6) is 0 Å². The SMILES string of the molecule is Fc1ccc(-c2csc(=Nc3ccccc3)n2CCc2ccccn2)cc1. The first-order valence-electron chi connectivity index (χ1n) is 8.73. The fourth-order valence-electron chi connectivity index (χ4n) is 2.87. The molecule has 3 nitrogen and oxygen atoms in total. The average molecular weight is 375 g/mol. The van der Waals surface area contributed by atoms with E-state index in [4.69, 9.17) is 4.99 Å². The molecule has 4 rings (SSSR count). The Labute approximate surface area is 161 Å². The molecule has 2 aromatic heterocycles. The van der Waals surface area contributed by atoms with Gasteiger partial charge in [-0.05, 0) is 54.1 Å². The molecule has 0 N–H and O–H groups in total. The lowest BCUT2D eigenvalue weighted by Crippen LogP contribution is -2.17. The van der Waals surface area contributed by atoms with Crippen LogP contribution < -0.4 is 4.80 Å². The van der Waals surface area contributed by atoms with Gasteiger partial charge in [-0.15, -0.1) is 11.3 Å². The number of nitrogens with zero attached hydrogens (tertiary/aromatic N) is 3. The van der Waals surface area contributed by atoms with Crippen molar-refractivity contribution in [1.82, 2.24) is 9.55 Å². The van der Waals surface area contributed by atoms with E-state index in [1.165, 1.54) is 12.1 Å². The van der Waals surface area contributed by atoms with Crippen LogP contribution in [0.15, 0.2) is 89.4 Å². The van der Waals surface area contributed by atoms with Crippen LogP contribution >= 0.6 is 11.3 Å². The Hall–Kier alpha value is -3.05. The van der Waals surface area contributed by atoms with Crippen LogP contribution in [0.4, 0.5) is 10.1 Å². The van der Waals surface area contributed by atoms with Crippen LogP contribution in [0, 0.1) is 5.82 Å². The second-order valence-electron chi connectivity index (χ2n) is 6.08. The van der Waals surface area contributed by atoms with Crippen LogP contribution in [0.3, 0.4) is 0 Å². The minimum atomic E-state index is -0.233. The zero-order chi connectivity index (χ0) is 18.5. The monoisotopic (exact) mass is 375 g/mol. The minimum absolute atomic E-state index is 0.233. The van der Waals surface area contributed by atoms with Gasteiger partial charge in [-0.1, -0.05) is 24.3 Å². The molecule has 134 valence electrons. The van der Waals surface area contributed by atoms with E-state index in [0.717, 1.165) is 40.4 Å². The van der Waals surface area contributed by atoms with E-state index in [2.05, 4.69) is 14.9 Å². The van der Waals surface area contributed by atoms with Crippen LogP contribution in [-0.2, 0) is 13.0 Å². The third-order valence-electron chi connectivity index (χ3n) is 4.24. The number of aryl methyl sites for hydroxylation is 1. The zero-order valence-electron chi connectivity index (χ0n) is 14.6. The van der Waals surface area contributed by atoms with E-state index < -0.39 is 0 Å². The number of benzene rings is 2. The van der Waals surface area contributed by atoms with E-state index >= 15 is 0 Å². The smallest absolute Gasteiger partial charge is 0.190 e. The second-order valence-corrected chi connectivity index (χ2v) is 6.92. The van der Waals surface area contributed by atoms with Gasteiger partial charge in [-0.25, -0.2) is 9.38 Å². The van der Waals surface area contributed by atoms with Crippen molar-refractivity contribution >= 4 is 17.0 Å². The topological polar surface area (TPSA) is 30.2 Å². The summed E-state index contributed by atoms with van der Waals surface area (Å²) in [6.07, 6.45) is 2.61. The first kappa shape index (κ1) is 17.4. The maximum atomic E-state index is 13.3. The summed E-state index contributed by atoms with van der Waals surface area (Å²) in [6, 6.07) is 22.4. The predicted octanol–water partition coefficient (Wildman–Crippen LogP) is 5.23. The number of hydrogen-bond donors (Lipinski definition) is 0. The Morgan fingerprint density at radius 1 is 0.926 bits per heavy atom. The van der Waals surface area contributed by atoms with Gasteiger partial charge in [0.25, 0.3) is 0 Å². The Morgan fingerprint density at radius 2 is 1.70 bits per heavy atom. The molecule has 0 aliphatic carbocycles. The van der Waals surface area contributed by atoms with Crippen molar-refractivity contribution in [3.63, 3.8) is 0 Å². The molecule has 0 spiro atoms. The summed E-state index contributed by atoms with van der Waals surface area (Å²) in [7, 11) is 0. The highest BCUT2D eigenvalue weighted by Crippen LogP contribution is 2.21. The van der Waals surface area contributed by atoms with Gasteiger partial charge < -0.3 is 4.57 Å². The summed E-state index contributed by atoms with van der Waals surface area (Å²) in [4.78, 5) is 10.1. The molecular formula is C22H18FN3S. The molecule has 0 aliphatic rings. The summed E-state index contributed by atoms with van der Waals surface area (Å²) < 4.78 is 15.5. The maximum absolute atomic E-state index is 13.3. The summed E-state index contributed by atoms with van der Waals surface area (Å²) >= 11 is 1.59. The molecule has 27 heavy (non-hydrogen) atoms. The third kappa shape index (κ3) is 4.20. The van der Waals surface area contributed by atoms with Gasteiger partial charge in [-0.3, -0.25) is 4.98 Å². The van der Waals surface area contributed by atoms with Crippen molar-refractivity contribution in [1.29, 1.82) is 0 Å². The first-order chi connectivity index (χ1) is 13.3. The molecule has 0 saturated carbocycles. The quantitative estimate of drug-likeness (QED) is 0.470. The van der Waals surface area contributed by atoms with Crippen LogP contribution in [0.1, 0.15) is 5.69 Å². The van der Waals surface area contributed by atoms with Crippen molar-refractivity contribution < 1.29 is 4.39 Å². The van der Waals surface area contributed by atoms with E-state index in [-0.39, 0.29) is 5.82 Å². The molecule has 0 saturated heterocycles. The van der Waals surface area contributed by atoms with E-state index in [1.54, 1.807) is 23.5 Å². The summed E-state index contributed by atoms with van der Waals surface area (Å²) in [5, 5.41) is 2.08. The predicted molar refractivity (Wildman–Crippen MR) is 107 cm³/mol. The molecule has 0 unspecified atom stereocenters.